The second-order valence-corrected chi connectivity index (χ2v) is 5.81. The predicted octanol–water partition coefficient (Wildman–Crippen LogP) is 3.35. The van der Waals surface area contributed by atoms with Gasteiger partial charge in [-0.05, 0) is 57.5 Å². The van der Waals surface area contributed by atoms with E-state index in [0.29, 0.717) is 22.5 Å². The molecule has 0 spiro atoms. The number of piperidine rings is 1. The lowest BCUT2D eigenvalue weighted by Gasteiger charge is -2.34. The normalized spacial score (nSPS) is 21.7. The first-order chi connectivity index (χ1) is 9.10. The zero-order valence-corrected chi connectivity index (χ0v) is 12.2. The molecule has 4 heteroatoms. The van der Waals surface area contributed by atoms with Gasteiger partial charge in [-0.3, -0.25) is 0 Å². The van der Waals surface area contributed by atoms with E-state index >= 15 is 0 Å². The van der Waals surface area contributed by atoms with Crippen LogP contribution in [0.2, 0.25) is 5.02 Å². The SMILES string of the molecule is CC(Nc1ccc(C#N)c(Cl)c1)C1CCCN(C)C1. The van der Waals surface area contributed by atoms with Gasteiger partial charge in [0.25, 0.3) is 0 Å². The molecule has 1 saturated heterocycles. The number of nitrogens with one attached hydrogen (secondary N) is 1. The fraction of sp³-hybridized carbons (Fsp3) is 0.533. The van der Waals surface area contributed by atoms with Gasteiger partial charge in [-0.15, -0.1) is 0 Å². The Hall–Kier alpha value is -1.24. The summed E-state index contributed by atoms with van der Waals surface area (Å²) in [4.78, 5) is 2.39. The van der Waals surface area contributed by atoms with Crippen LogP contribution in [0.3, 0.4) is 0 Å². The molecule has 1 heterocycles. The minimum Gasteiger partial charge on any atom is -0.382 e. The van der Waals surface area contributed by atoms with Crippen LogP contribution >= 0.6 is 11.6 Å². The van der Waals surface area contributed by atoms with E-state index in [4.69, 9.17) is 16.9 Å². The van der Waals surface area contributed by atoms with E-state index in [-0.39, 0.29) is 0 Å². The van der Waals surface area contributed by atoms with Crippen LogP contribution in [-0.4, -0.2) is 31.1 Å². The summed E-state index contributed by atoms with van der Waals surface area (Å²) in [5, 5.41) is 12.9. The van der Waals surface area contributed by atoms with Crippen LogP contribution in [0.5, 0.6) is 0 Å². The molecule has 0 amide bonds. The van der Waals surface area contributed by atoms with Crippen LogP contribution in [0, 0.1) is 17.2 Å². The maximum absolute atomic E-state index is 8.86. The molecule has 0 aromatic heterocycles. The highest BCUT2D eigenvalue weighted by Gasteiger charge is 2.22. The monoisotopic (exact) mass is 277 g/mol. The maximum Gasteiger partial charge on any atom is 0.101 e. The third-order valence-electron chi connectivity index (χ3n) is 3.85. The number of nitrogens with zero attached hydrogens (tertiary/aromatic N) is 2. The number of nitriles is 1. The average molecular weight is 278 g/mol. The van der Waals surface area contributed by atoms with Crippen molar-refractivity contribution >= 4 is 17.3 Å². The number of benzene rings is 1. The van der Waals surface area contributed by atoms with Gasteiger partial charge in [-0.1, -0.05) is 11.6 Å². The minimum atomic E-state index is 0.409. The van der Waals surface area contributed by atoms with Gasteiger partial charge in [0.15, 0.2) is 0 Å². The van der Waals surface area contributed by atoms with E-state index in [2.05, 4.69) is 30.3 Å². The summed E-state index contributed by atoms with van der Waals surface area (Å²) in [5.74, 6) is 0.660. The molecule has 2 unspecified atom stereocenters. The Morgan fingerprint density at radius 1 is 1.53 bits per heavy atom. The molecule has 19 heavy (non-hydrogen) atoms. The summed E-state index contributed by atoms with van der Waals surface area (Å²) < 4.78 is 0. The Morgan fingerprint density at radius 3 is 2.95 bits per heavy atom. The van der Waals surface area contributed by atoms with Gasteiger partial charge in [0, 0.05) is 18.3 Å². The van der Waals surface area contributed by atoms with E-state index < -0.39 is 0 Å². The van der Waals surface area contributed by atoms with Crippen molar-refractivity contribution in [2.24, 2.45) is 5.92 Å². The quantitative estimate of drug-likeness (QED) is 0.921. The molecule has 1 N–H and O–H groups in total. The summed E-state index contributed by atoms with van der Waals surface area (Å²) >= 11 is 6.05. The molecule has 1 fully saturated rings. The van der Waals surface area contributed by atoms with Crippen molar-refractivity contribution in [3.63, 3.8) is 0 Å². The molecule has 2 atom stereocenters. The van der Waals surface area contributed by atoms with E-state index in [1.807, 2.05) is 12.1 Å². The first-order valence-electron chi connectivity index (χ1n) is 6.75. The van der Waals surface area contributed by atoms with Crippen LogP contribution in [0.4, 0.5) is 5.69 Å². The summed E-state index contributed by atoms with van der Waals surface area (Å²) in [6, 6.07) is 8.02. The van der Waals surface area contributed by atoms with Gasteiger partial charge in [0.2, 0.25) is 0 Å². The van der Waals surface area contributed by atoms with Crippen molar-refractivity contribution in [2.45, 2.75) is 25.8 Å². The Kier molecular flexibility index (Phi) is 4.68. The first kappa shape index (κ1) is 14.2. The lowest BCUT2D eigenvalue weighted by molar-refractivity contribution is 0.197. The summed E-state index contributed by atoms with van der Waals surface area (Å²) in [6.45, 7) is 4.56. The first-order valence-corrected chi connectivity index (χ1v) is 7.12. The lowest BCUT2D eigenvalue weighted by Crippen LogP contribution is -2.39. The second kappa shape index (κ2) is 6.27. The van der Waals surface area contributed by atoms with Crippen LogP contribution < -0.4 is 5.32 Å². The number of halogens is 1. The van der Waals surface area contributed by atoms with E-state index in [1.54, 1.807) is 6.07 Å². The number of anilines is 1. The van der Waals surface area contributed by atoms with E-state index in [9.17, 15) is 0 Å². The Morgan fingerprint density at radius 2 is 2.32 bits per heavy atom. The van der Waals surface area contributed by atoms with Gasteiger partial charge in [0.1, 0.15) is 6.07 Å². The highest BCUT2D eigenvalue weighted by molar-refractivity contribution is 6.32. The fourth-order valence-corrected chi connectivity index (χ4v) is 2.91. The van der Waals surface area contributed by atoms with Crippen molar-refractivity contribution in [1.29, 1.82) is 5.26 Å². The van der Waals surface area contributed by atoms with Crippen molar-refractivity contribution in [1.82, 2.24) is 4.90 Å². The zero-order valence-electron chi connectivity index (χ0n) is 11.5. The van der Waals surface area contributed by atoms with E-state index in [1.165, 1.54) is 19.4 Å². The zero-order chi connectivity index (χ0) is 13.8. The van der Waals surface area contributed by atoms with E-state index in [0.717, 1.165) is 12.2 Å². The largest absolute Gasteiger partial charge is 0.382 e. The van der Waals surface area contributed by atoms with Gasteiger partial charge < -0.3 is 10.2 Å². The number of hydrogen-bond acceptors (Lipinski definition) is 3. The molecule has 3 nitrogen and oxygen atoms in total. The van der Waals surface area contributed by atoms with Gasteiger partial charge in [-0.25, -0.2) is 0 Å². The molecule has 0 aliphatic carbocycles. The molecule has 1 aromatic rings. The van der Waals surface area contributed by atoms with Crippen LogP contribution in [0.25, 0.3) is 0 Å². The summed E-state index contributed by atoms with van der Waals surface area (Å²) in [6.07, 6.45) is 2.53. The Balaban J connectivity index is 2.00. The Labute approximate surface area is 120 Å². The highest BCUT2D eigenvalue weighted by Crippen LogP contribution is 2.24. The van der Waals surface area contributed by atoms with Crippen LogP contribution in [0.15, 0.2) is 18.2 Å². The standard InChI is InChI=1S/C15H20ClN3/c1-11(13-4-3-7-19(2)10-13)18-14-6-5-12(9-17)15(16)8-14/h5-6,8,11,13,18H,3-4,7,10H2,1-2H3. The third kappa shape index (κ3) is 3.62. The molecule has 2 rings (SSSR count). The molecule has 1 aliphatic rings. The molecule has 0 saturated carbocycles. The molecule has 0 bridgehead atoms. The fourth-order valence-electron chi connectivity index (χ4n) is 2.69. The number of hydrogen-bond donors (Lipinski definition) is 1. The van der Waals surface area contributed by atoms with Crippen LogP contribution in [0.1, 0.15) is 25.3 Å². The van der Waals surface area contributed by atoms with Crippen molar-refractivity contribution in [3.8, 4) is 6.07 Å². The molecular weight excluding hydrogens is 258 g/mol. The molecular formula is C15H20ClN3. The van der Waals surface area contributed by atoms with Gasteiger partial charge >= 0.3 is 0 Å². The van der Waals surface area contributed by atoms with Crippen LogP contribution in [-0.2, 0) is 0 Å². The Bertz CT molecular complexity index is 481. The molecule has 1 aliphatic heterocycles. The predicted molar refractivity (Wildman–Crippen MR) is 79.5 cm³/mol. The summed E-state index contributed by atoms with van der Waals surface area (Å²) in [7, 11) is 2.18. The molecule has 102 valence electrons. The number of rotatable bonds is 3. The highest BCUT2D eigenvalue weighted by atomic mass is 35.5. The molecule has 1 aromatic carbocycles. The average Bonchev–Trinajstić information content (AvgIpc) is 2.39. The lowest BCUT2D eigenvalue weighted by atomic mass is 9.91. The van der Waals surface area contributed by atoms with Crippen molar-refractivity contribution in [3.05, 3.63) is 28.8 Å². The second-order valence-electron chi connectivity index (χ2n) is 5.40. The molecule has 0 radical (unpaired) electrons. The van der Waals surface area contributed by atoms with Gasteiger partial charge in [-0.2, -0.15) is 5.26 Å². The third-order valence-corrected chi connectivity index (χ3v) is 4.16. The number of likely N-dealkylation sites (tertiary alicyclic amines) is 1. The van der Waals surface area contributed by atoms with Gasteiger partial charge in [0.05, 0.1) is 10.6 Å². The minimum absolute atomic E-state index is 0.409. The maximum atomic E-state index is 8.86. The van der Waals surface area contributed by atoms with Crippen molar-refractivity contribution < 1.29 is 0 Å². The smallest absolute Gasteiger partial charge is 0.101 e. The van der Waals surface area contributed by atoms with Crippen molar-refractivity contribution in [2.75, 3.05) is 25.5 Å². The topological polar surface area (TPSA) is 39.1 Å². The summed E-state index contributed by atoms with van der Waals surface area (Å²) in [5.41, 5.74) is 1.52.